The Labute approximate surface area is 191 Å². The number of piperidine rings is 1. The molecule has 1 aliphatic rings. The number of carbonyl (C=O) groups is 1. The van der Waals surface area contributed by atoms with Crippen LogP contribution in [0.1, 0.15) is 24.4 Å². The summed E-state index contributed by atoms with van der Waals surface area (Å²) in [6, 6.07) is 19.9. The average Bonchev–Trinajstić information content (AvgIpc) is 3.20. The average molecular weight is 443 g/mol. The number of aromatic nitrogens is 3. The van der Waals surface area contributed by atoms with Crippen molar-refractivity contribution in [2.45, 2.75) is 25.3 Å². The van der Waals surface area contributed by atoms with E-state index in [-0.39, 0.29) is 24.1 Å². The normalized spacial score (nSPS) is 14.5. The van der Waals surface area contributed by atoms with Gasteiger partial charge in [0.25, 0.3) is 0 Å². The number of ether oxygens (including phenoxy) is 1. The topological polar surface area (TPSA) is 80.2 Å². The van der Waals surface area contributed by atoms with Gasteiger partial charge in [0.2, 0.25) is 5.91 Å². The second-order valence-corrected chi connectivity index (χ2v) is 8.35. The minimum Gasteiger partial charge on any atom is -0.496 e. The minimum atomic E-state index is -0.143. The van der Waals surface area contributed by atoms with E-state index in [2.05, 4.69) is 22.1 Å². The Hall–Kier alpha value is -3.87. The second kappa shape index (κ2) is 8.94. The highest BCUT2D eigenvalue weighted by atomic mass is 16.5. The maximum absolute atomic E-state index is 13.1. The number of likely N-dealkylation sites (tertiary alicyclic amines) is 1. The fourth-order valence-electron chi connectivity index (χ4n) is 4.70. The van der Waals surface area contributed by atoms with Gasteiger partial charge in [-0.3, -0.25) is 14.3 Å². The molecule has 0 saturated carbocycles. The van der Waals surface area contributed by atoms with Crippen LogP contribution in [0.3, 0.4) is 0 Å². The van der Waals surface area contributed by atoms with Crippen LogP contribution in [0, 0.1) is 0 Å². The maximum Gasteiger partial charge on any atom is 0.327 e. The van der Waals surface area contributed by atoms with Gasteiger partial charge in [-0.25, -0.2) is 9.78 Å². The summed E-state index contributed by atoms with van der Waals surface area (Å²) >= 11 is 0. The van der Waals surface area contributed by atoms with Crippen LogP contribution in [-0.2, 0) is 11.2 Å². The highest BCUT2D eigenvalue weighted by Gasteiger charge is 2.26. The van der Waals surface area contributed by atoms with Gasteiger partial charge in [-0.05, 0) is 48.2 Å². The summed E-state index contributed by atoms with van der Waals surface area (Å²) in [7, 11) is 1.63. The molecule has 33 heavy (non-hydrogen) atoms. The molecule has 7 heteroatoms. The number of nitrogens with one attached hydrogen (secondary N) is 1. The highest BCUT2D eigenvalue weighted by molar-refractivity contribution is 5.80. The molecule has 4 aromatic rings. The molecule has 168 valence electrons. The fourth-order valence-corrected chi connectivity index (χ4v) is 4.70. The summed E-state index contributed by atoms with van der Waals surface area (Å²) in [5, 5.41) is 0. The van der Waals surface area contributed by atoms with Gasteiger partial charge in [0.1, 0.15) is 5.75 Å². The third-order valence-corrected chi connectivity index (χ3v) is 6.40. The Kier molecular flexibility index (Phi) is 5.69. The standard InChI is InChI=1S/C26H26N4O3/c1-33-23-10-9-19(18-6-3-2-4-7-18)16-20(23)17-24(31)29-14-11-21(12-15-29)30-22-8-5-13-27-25(22)28-26(30)32/h2-10,13,16,21H,11-12,14-15,17H2,1H3,(H,27,28,32). The highest BCUT2D eigenvalue weighted by Crippen LogP contribution is 2.29. The zero-order chi connectivity index (χ0) is 22.8. The van der Waals surface area contributed by atoms with Crippen LogP contribution in [0.5, 0.6) is 5.75 Å². The number of hydrogen-bond acceptors (Lipinski definition) is 4. The first-order valence-corrected chi connectivity index (χ1v) is 11.2. The Morgan fingerprint density at radius 1 is 1.06 bits per heavy atom. The van der Waals surface area contributed by atoms with E-state index in [9.17, 15) is 9.59 Å². The van der Waals surface area contributed by atoms with Crippen molar-refractivity contribution in [2.24, 2.45) is 0 Å². The first-order valence-electron chi connectivity index (χ1n) is 11.2. The van der Waals surface area contributed by atoms with Gasteiger partial charge in [0, 0.05) is 30.9 Å². The van der Waals surface area contributed by atoms with Crippen LogP contribution >= 0.6 is 0 Å². The van der Waals surface area contributed by atoms with Crippen molar-refractivity contribution < 1.29 is 9.53 Å². The molecule has 0 atom stereocenters. The molecule has 0 unspecified atom stereocenters. The Morgan fingerprint density at radius 3 is 2.61 bits per heavy atom. The molecule has 1 saturated heterocycles. The summed E-state index contributed by atoms with van der Waals surface area (Å²) in [5.41, 5.74) is 4.32. The van der Waals surface area contributed by atoms with Crippen molar-refractivity contribution in [3.05, 3.63) is 82.9 Å². The molecule has 2 aromatic carbocycles. The van der Waals surface area contributed by atoms with E-state index in [4.69, 9.17) is 4.74 Å². The fraction of sp³-hybridized carbons (Fsp3) is 0.269. The van der Waals surface area contributed by atoms with Gasteiger partial charge in [-0.1, -0.05) is 36.4 Å². The molecule has 0 bridgehead atoms. The predicted molar refractivity (Wildman–Crippen MR) is 127 cm³/mol. The molecular weight excluding hydrogens is 416 g/mol. The van der Waals surface area contributed by atoms with E-state index in [1.165, 1.54) is 0 Å². The third-order valence-electron chi connectivity index (χ3n) is 6.40. The zero-order valence-corrected chi connectivity index (χ0v) is 18.5. The number of imidazole rings is 1. The van der Waals surface area contributed by atoms with Crippen molar-refractivity contribution in [2.75, 3.05) is 20.2 Å². The van der Waals surface area contributed by atoms with Gasteiger partial charge in [0.05, 0.1) is 19.0 Å². The van der Waals surface area contributed by atoms with E-state index in [0.29, 0.717) is 18.7 Å². The number of amides is 1. The van der Waals surface area contributed by atoms with Gasteiger partial charge < -0.3 is 9.64 Å². The number of rotatable bonds is 5. The summed E-state index contributed by atoms with van der Waals surface area (Å²) in [6.07, 6.45) is 3.42. The number of nitrogens with zero attached hydrogens (tertiary/aromatic N) is 3. The molecule has 5 rings (SSSR count). The van der Waals surface area contributed by atoms with Crippen LogP contribution in [-0.4, -0.2) is 45.5 Å². The first-order chi connectivity index (χ1) is 16.1. The van der Waals surface area contributed by atoms with Crippen molar-refractivity contribution in [1.29, 1.82) is 0 Å². The zero-order valence-electron chi connectivity index (χ0n) is 18.5. The van der Waals surface area contributed by atoms with Gasteiger partial charge in [0.15, 0.2) is 5.65 Å². The van der Waals surface area contributed by atoms with E-state index < -0.39 is 0 Å². The molecule has 1 N–H and O–H groups in total. The molecule has 2 aromatic heterocycles. The number of hydrogen-bond donors (Lipinski definition) is 1. The lowest BCUT2D eigenvalue weighted by atomic mass is 9.99. The van der Waals surface area contributed by atoms with Crippen LogP contribution < -0.4 is 10.4 Å². The van der Waals surface area contributed by atoms with Crippen LogP contribution in [0.4, 0.5) is 0 Å². The van der Waals surface area contributed by atoms with E-state index in [1.54, 1.807) is 17.9 Å². The van der Waals surface area contributed by atoms with E-state index in [0.717, 1.165) is 40.8 Å². The Balaban J connectivity index is 1.30. The van der Waals surface area contributed by atoms with Crippen molar-refractivity contribution in [3.63, 3.8) is 0 Å². The largest absolute Gasteiger partial charge is 0.496 e. The number of fused-ring (bicyclic) bond motifs is 1. The monoisotopic (exact) mass is 442 g/mol. The number of benzene rings is 2. The lowest BCUT2D eigenvalue weighted by Crippen LogP contribution is -2.41. The van der Waals surface area contributed by atoms with Gasteiger partial charge in [-0.15, -0.1) is 0 Å². The Morgan fingerprint density at radius 2 is 1.85 bits per heavy atom. The number of carbonyl (C=O) groups excluding carboxylic acids is 1. The summed E-state index contributed by atoms with van der Waals surface area (Å²) in [6.45, 7) is 1.23. The molecule has 0 radical (unpaired) electrons. The van der Waals surface area contributed by atoms with E-state index >= 15 is 0 Å². The number of pyridine rings is 1. The summed E-state index contributed by atoms with van der Waals surface area (Å²) in [5.74, 6) is 0.792. The quantitative estimate of drug-likeness (QED) is 0.510. The molecule has 7 nitrogen and oxygen atoms in total. The van der Waals surface area contributed by atoms with Crippen LogP contribution in [0.15, 0.2) is 71.7 Å². The van der Waals surface area contributed by atoms with Gasteiger partial charge >= 0.3 is 5.69 Å². The lowest BCUT2D eigenvalue weighted by molar-refractivity contribution is -0.131. The molecule has 1 fully saturated rings. The Bertz CT molecular complexity index is 1330. The van der Waals surface area contributed by atoms with Crippen LogP contribution in [0.25, 0.3) is 22.3 Å². The number of H-pyrrole nitrogens is 1. The van der Waals surface area contributed by atoms with Crippen molar-refractivity contribution >= 4 is 17.1 Å². The van der Waals surface area contributed by atoms with E-state index in [1.807, 2.05) is 53.4 Å². The molecule has 3 heterocycles. The maximum atomic E-state index is 13.1. The lowest BCUT2D eigenvalue weighted by Gasteiger charge is -2.32. The number of methoxy groups -OCH3 is 1. The molecule has 0 aliphatic carbocycles. The van der Waals surface area contributed by atoms with Gasteiger partial charge in [-0.2, -0.15) is 0 Å². The third kappa shape index (κ3) is 4.14. The van der Waals surface area contributed by atoms with Crippen molar-refractivity contribution in [3.8, 4) is 16.9 Å². The molecule has 0 spiro atoms. The smallest absolute Gasteiger partial charge is 0.327 e. The molecular formula is C26H26N4O3. The molecule has 1 aliphatic heterocycles. The number of aromatic amines is 1. The summed E-state index contributed by atoms with van der Waals surface area (Å²) in [4.78, 5) is 34.6. The first kappa shape index (κ1) is 21.0. The SMILES string of the molecule is COc1ccc(-c2ccccc2)cc1CC(=O)N1CCC(n2c(=O)[nH]c3ncccc32)CC1. The predicted octanol–water partition coefficient (Wildman–Crippen LogP) is 3.81. The molecule has 1 amide bonds. The van der Waals surface area contributed by atoms with Crippen molar-refractivity contribution in [1.82, 2.24) is 19.4 Å². The minimum absolute atomic E-state index is 0.0513. The summed E-state index contributed by atoms with van der Waals surface area (Å²) < 4.78 is 7.31. The van der Waals surface area contributed by atoms with Crippen LogP contribution in [0.2, 0.25) is 0 Å². The second-order valence-electron chi connectivity index (χ2n) is 8.35.